The Morgan fingerprint density at radius 1 is 1.09 bits per heavy atom. The molecular weight excluding hydrogens is 452 g/mol. The Hall–Kier alpha value is -3.64. The number of primary amides is 1. The van der Waals surface area contributed by atoms with Gasteiger partial charge >= 0.3 is 5.97 Å². The number of amides is 3. The van der Waals surface area contributed by atoms with Crippen molar-refractivity contribution in [3.8, 4) is 5.75 Å². The molecule has 1 heterocycles. The van der Waals surface area contributed by atoms with Gasteiger partial charge < -0.3 is 35.9 Å². The Morgan fingerprint density at radius 3 is 2.42 bits per heavy atom. The maximum absolute atomic E-state index is 12.6. The number of thiophene rings is 1. The van der Waals surface area contributed by atoms with Crippen LogP contribution in [0.5, 0.6) is 5.75 Å². The first-order valence-corrected chi connectivity index (χ1v) is 10.6. The number of carbonyl (C=O) groups excluding carboxylic acids is 4. The Bertz CT molecular complexity index is 1050. The largest absolute Gasteiger partial charge is 0.495 e. The van der Waals surface area contributed by atoms with Gasteiger partial charge in [0, 0.05) is 19.7 Å². The molecule has 0 aliphatic rings. The van der Waals surface area contributed by atoms with Gasteiger partial charge in [-0.25, -0.2) is 4.79 Å². The zero-order valence-electron chi connectivity index (χ0n) is 18.7. The second kappa shape index (κ2) is 11.8. The number of methoxy groups -OCH3 is 2. The number of rotatable bonds is 11. The summed E-state index contributed by atoms with van der Waals surface area (Å²) in [6.45, 7) is 2.95. The normalized spacial score (nSPS) is 10.3. The van der Waals surface area contributed by atoms with E-state index in [1.54, 1.807) is 25.1 Å². The molecule has 1 aromatic heterocycles. The van der Waals surface area contributed by atoms with Gasteiger partial charge in [0.1, 0.15) is 17.4 Å². The molecule has 0 bridgehead atoms. The number of benzene rings is 1. The first-order valence-electron chi connectivity index (χ1n) is 9.76. The highest BCUT2D eigenvalue weighted by atomic mass is 32.1. The van der Waals surface area contributed by atoms with Crippen molar-refractivity contribution >= 4 is 51.4 Å². The predicted octanol–water partition coefficient (Wildman–Crippen LogP) is 1.98. The summed E-state index contributed by atoms with van der Waals surface area (Å²) in [7, 11) is 2.94. The van der Waals surface area contributed by atoms with Crippen LogP contribution in [0.25, 0.3) is 0 Å². The van der Waals surface area contributed by atoms with Crippen molar-refractivity contribution in [3.63, 3.8) is 0 Å². The lowest BCUT2D eigenvalue weighted by Gasteiger charge is -2.13. The first kappa shape index (κ1) is 25.6. The summed E-state index contributed by atoms with van der Waals surface area (Å²) in [6.07, 6.45) is 0. The highest BCUT2D eigenvalue weighted by Gasteiger charge is 2.26. The summed E-state index contributed by atoms with van der Waals surface area (Å²) in [4.78, 5) is 48.3. The van der Waals surface area contributed by atoms with Crippen molar-refractivity contribution in [2.45, 2.75) is 13.8 Å². The summed E-state index contributed by atoms with van der Waals surface area (Å²) in [5, 5.41) is 8.34. The maximum atomic E-state index is 12.6. The SMILES string of the molecule is COCCOC(=O)c1c(NC(=O)CNc2cc(NC(C)=O)ccc2OC)sc(C(N)=O)c1C. The van der Waals surface area contributed by atoms with Gasteiger partial charge in [-0.15, -0.1) is 11.3 Å². The minimum Gasteiger partial charge on any atom is -0.495 e. The number of esters is 1. The fourth-order valence-corrected chi connectivity index (χ4v) is 3.91. The maximum Gasteiger partial charge on any atom is 0.341 e. The van der Waals surface area contributed by atoms with E-state index in [0.29, 0.717) is 22.7 Å². The molecule has 33 heavy (non-hydrogen) atoms. The lowest BCUT2D eigenvalue weighted by atomic mass is 10.1. The molecule has 0 saturated heterocycles. The molecule has 0 atom stereocenters. The van der Waals surface area contributed by atoms with Gasteiger partial charge in [0.2, 0.25) is 11.8 Å². The van der Waals surface area contributed by atoms with Crippen molar-refractivity contribution < 1.29 is 33.4 Å². The Labute approximate surface area is 194 Å². The van der Waals surface area contributed by atoms with Crippen molar-refractivity contribution in [3.05, 3.63) is 34.2 Å². The van der Waals surface area contributed by atoms with E-state index in [-0.39, 0.29) is 41.1 Å². The van der Waals surface area contributed by atoms with E-state index in [9.17, 15) is 19.2 Å². The van der Waals surface area contributed by atoms with Crippen molar-refractivity contribution in [2.24, 2.45) is 5.73 Å². The summed E-state index contributed by atoms with van der Waals surface area (Å²) >= 11 is 0.890. The molecule has 0 spiro atoms. The van der Waals surface area contributed by atoms with Gasteiger partial charge in [0.15, 0.2) is 0 Å². The van der Waals surface area contributed by atoms with Gasteiger partial charge in [0.05, 0.1) is 36.4 Å². The van der Waals surface area contributed by atoms with Gasteiger partial charge in [-0.05, 0) is 30.7 Å². The van der Waals surface area contributed by atoms with Gasteiger partial charge in [0.25, 0.3) is 5.91 Å². The molecule has 0 aliphatic heterocycles. The highest BCUT2D eigenvalue weighted by Crippen LogP contribution is 2.33. The van der Waals surface area contributed by atoms with E-state index in [4.69, 9.17) is 19.9 Å². The topological polar surface area (TPSA) is 158 Å². The second-order valence-corrected chi connectivity index (χ2v) is 7.77. The third-order valence-electron chi connectivity index (χ3n) is 4.31. The molecule has 11 nitrogen and oxygen atoms in total. The van der Waals surface area contributed by atoms with Crippen molar-refractivity contribution in [1.82, 2.24) is 0 Å². The summed E-state index contributed by atoms with van der Waals surface area (Å²) in [5.41, 5.74) is 6.77. The molecule has 0 fully saturated rings. The minimum absolute atomic E-state index is 0.00982. The van der Waals surface area contributed by atoms with Gasteiger partial charge in [-0.1, -0.05) is 0 Å². The van der Waals surface area contributed by atoms with Crippen LogP contribution in [-0.4, -0.2) is 57.7 Å². The van der Waals surface area contributed by atoms with Crippen LogP contribution in [0.2, 0.25) is 0 Å². The standard InChI is InChI=1S/C21H26N4O7S/c1-11-17(21(29)32-8-7-30-3)20(33-18(11)19(22)28)25-16(27)10-23-14-9-13(24-12(2)26)5-6-15(14)31-4/h5-6,9,23H,7-8,10H2,1-4H3,(H2,22,28)(H,24,26)(H,25,27). The number of carbonyl (C=O) groups is 4. The molecule has 3 amide bonds. The lowest BCUT2D eigenvalue weighted by molar-refractivity contribution is -0.115. The molecular formula is C21H26N4O7S. The smallest absolute Gasteiger partial charge is 0.341 e. The number of nitrogens with one attached hydrogen (secondary N) is 3. The Balaban J connectivity index is 2.18. The van der Waals surface area contributed by atoms with Crippen molar-refractivity contribution in [1.29, 1.82) is 0 Å². The monoisotopic (exact) mass is 478 g/mol. The zero-order chi connectivity index (χ0) is 24.5. The third-order valence-corrected chi connectivity index (χ3v) is 5.53. The fourth-order valence-electron chi connectivity index (χ4n) is 2.85. The van der Waals surface area contributed by atoms with E-state index >= 15 is 0 Å². The van der Waals surface area contributed by atoms with E-state index < -0.39 is 17.8 Å². The van der Waals surface area contributed by atoms with Crippen LogP contribution in [0.1, 0.15) is 32.5 Å². The number of anilines is 3. The van der Waals surface area contributed by atoms with Crippen LogP contribution >= 0.6 is 11.3 Å². The minimum atomic E-state index is -0.721. The van der Waals surface area contributed by atoms with Crippen molar-refractivity contribution in [2.75, 3.05) is 49.9 Å². The average Bonchev–Trinajstić information content (AvgIpc) is 3.08. The molecule has 0 aliphatic carbocycles. The van der Waals surface area contributed by atoms with Crippen LogP contribution in [0.15, 0.2) is 18.2 Å². The number of hydrogen-bond donors (Lipinski definition) is 4. The molecule has 0 unspecified atom stereocenters. The van der Waals surface area contributed by atoms with Crippen LogP contribution in [-0.2, 0) is 19.1 Å². The summed E-state index contributed by atoms with van der Waals surface area (Å²) in [5.74, 6) is -1.71. The Kier molecular flexibility index (Phi) is 9.18. The van der Waals surface area contributed by atoms with E-state index in [1.165, 1.54) is 21.1 Å². The molecule has 0 saturated carbocycles. The lowest BCUT2D eigenvalue weighted by Crippen LogP contribution is -2.23. The van der Waals surface area contributed by atoms with E-state index in [1.807, 2.05) is 0 Å². The molecule has 178 valence electrons. The number of hydrogen-bond acceptors (Lipinski definition) is 9. The van der Waals surface area contributed by atoms with Crippen LogP contribution in [0.4, 0.5) is 16.4 Å². The molecule has 12 heteroatoms. The van der Waals surface area contributed by atoms with Crippen LogP contribution < -0.4 is 26.4 Å². The molecule has 2 rings (SSSR count). The van der Waals surface area contributed by atoms with Crippen LogP contribution in [0.3, 0.4) is 0 Å². The summed E-state index contributed by atoms with van der Waals surface area (Å²) < 4.78 is 15.3. The Morgan fingerprint density at radius 2 is 1.82 bits per heavy atom. The fraction of sp³-hybridized carbons (Fsp3) is 0.333. The molecule has 5 N–H and O–H groups in total. The van der Waals surface area contributed by atoms with Crippen LogP contribution in [0, 0.1) is 6.92 Å². The number of ether oxygens (including phenoxy) is 3. The quantitative estimate of drug-likeness (QED) is 0.282. The van der Waals surface area contributed by atoms with Gasteiger partial charge in [-0.3, -0.25) is 14.4 Å². The zero-order valence-corrected chi connectivity index (χ0v) is 19.5. The number of nitrogens with two attached hydrogens (primary N) is 1. The second-order valence-electron chi connectivity index (χ2n) is 6.75. The first-order chi connectivity index (χ1) is 15.7. The van der Waals surface area contributed by atoms with Gasteiger partial charge in [-0.2, -0.15) is 0 Å². The molecule has 2 aromatic rings. The molecule has 1 aromatic carbocycles. The molecule has 0 radical (unpaired) electrons. The third kappa shape index (κ3) is 6.92. The average molecular weight is 479 g/mol. The predicted molar refractivity (Wildman–Crippen MR) is 124 cm³/mol. The van der Waals surface area contributed by atoms with E-state index in [2.05, 4.69) is 16.0 Å². The van der Waals surface area contributed by atoms with E-state index in [0.717, 1.165) is 11.3 Å². The summed E-state index contributed by atoms with van der Waals surface area (Å²) in [6, 6.07) is 4.92. The highest BCUT2D eigenvalue weighted by molar-refractivity contribution is 7.18.